The monoisotopic (exact) mass is 240 g/mol. The molecule has 0 radical (unpaired) electrons. The molecule has 1 atom stereocenters. The smallest absolute Gasteiger partial charge is 0.192 e. The molecule has 0 aromatic heterocycles. The maximum Gasteiger partial charge on any atom is 0.192 e. The molecule has 1 aliphatic carbocycles. The van der Waals surface area contributed by atoms with Gasteiger partial charge in [-0.2, -0.15) is 0 Å². The summed E-state index contributed by atoms with van der Waals surface area (Å²) in [6.07, 6.45) is 3.41. The molecule has 0 aliphatic heterocycles. The summed E-state index contributed by atoms with van der Waals surface area (Å²) in [4.78, 5) is 11.3. The fourth-order valence-corrected chi connectivity index (χ4v) is 2.97. The lowest BCUT2D eigenvalue weighted by Gasteiger charge is -2.40. The molecule has 3 heteroatoms. The molecule has 0 saturated carbocycles. The molecular formula is C13H24O2Si. The summed E-state index contributed by atoms with van der Waals surface area (Å²) in [5, 5.41) is 0.231. The quantitative estimate of drug-likeness (QED) is 0.688. The van der Waals surface area contributed by atoms with Crippen LogP contribution >= 0.6 is 0 Å². The second-order valence-electron chi connectivity index (χ2n) is 6.26. The minimum atomic E-state index is -1.71. The van der Waals surface area contributed by atoms with Crippen LogP contribution in [-0.2, 0) is 9.22 Å². The molecule has 16 heavy (non-hydrogen) atoms. The fraction of sp³-hybridized carbons (Fsp3) is 0.769. The van der Waals surface area contributed by atoms with Crippen LogP contribution in [-0.4, -0.2) is 20.2 Å². The van der Waals surface area contributed by atoms with Gasteiger partial charge in [-0.25, -0.2) is 0 Å². The molecule has 0 amide bonds. The van der Waals surface area contributed by atoms with E-state index in [9.17, 15) is 4.79 Å². The zero-order chi connectivity index (χ0) is 12.6. The van der Waals surface area contributed by atoms with Gasteiger partial charge in [0.15, 0.2) is 14.1 Å². The topological polar surface area (TPSA) is 26.3 Å². The van der Waals surface area contributed by atoms with E-state index >= 15 is 0 Å². The maximum atomic E-state index is 11.3. The van der Waals surface area contributed by atoms with Gasteiger partial charge < -0.3 is 4.43 Å². The first-order chi connectivity index (χ1) is 7.13. The van der Waals surface area contributed by atoms with Crippen molar-refractivity contribution in [3.63, 3.8) is 0 Å². The highest BCUT2D eigenvalue weighted by atomic mass is 28.4. The number of hydrogen-bond acceptors (Lipinski definition) is 2. The van der Waals surface area contributed by atoms with Crippen LogP contribution < -0.4 is 0 Å². The van der Waals surface area contributed by atoms with Crippen LogP contribution in [0.5, 0.6) is 0 Å². The first kappa shape index (κ1) is 13.7. The van der Waals surface area contributed by atoms with Crippen LogP contribution in [0, 0.1) is 0 Å². The minimum absolute atomic E-state index is 0.165. The average molecular weight is 240 g/mol. The molecule has 0 fully saturated rings. The lowest BCUT2D eigenvalue weighted by Crippen LogP contribution is -2.44. The van der Waals surface area contributed by atoms with Gasteiger partial charge in [0.25, 0.3) is 0 Å². The number of hydrogen-bond donors (Lipinski definition) is 0. The summed E-state index contributed by atoms with van der Waals surface area (Å²) in [7, 11) is -1.71. The highest BCUT2D eigenvalue weighted by Crippen LogP contribution is 2.39. The SMILES string of the molecule is CC1=CC(=O)CCC1O[Si](C)(C)C(C)(C)C. The zero-order valence-electron chi connectivity index (χ0n) is 11.4. The third kappa shape index (κ3) is 3.05. The van der Waals surface area contributed by atoms with E-state index in [1.807, 2.05) is 6.92 Å². The zero-order valence-corrected chi connectivity index (χ0v) is 12.4. The van der Waals surface area contributed by atoms with E-state index in [0.29, 0.717) is 6.42 Å². The molecule has 0 spiro atoms. The molecule has 92 valence electrons. The van der Waals surface area contributed by atoms with Crippen LogP contribution in [0.1, 0.15) is 40.5 Å². The van der Waals surface area contributed by atoms with Gasteiger partial charge in [-0.15, -0.1) is 0 Å². The molecule has 1 rings (SSSR count). The molecule has 2 nitrogen and oxygen atoms in total. The standard InChI is InChI=1S/C13H24O2Si/c1-10-9-11(14)7-8-12(10)15-16(5,6)13(2,3)4/h9,12H,7-8H2,1-6H3. The molecule has 0 heterocycles. The van der Waals surface area contributed by atoms with Crippen molar-refractivity contribution in [2.75, 3.05) is 0 Å². The maximum absolute atomic E-state index is 11.3. The van der Waals surface area contributed by atoms with Crippen molar-refractivity contribution in [2.24, 2.45) is 0 Å². The summed E-state index contributed by atoms with van der Waals surface area (Å²) >= 11 is 0. The first-order valence-electron chi connectivity index (χ1n) is 6.02. The molecule has 0 N–H and O–H groups in total. The van der Waals surface area contributed by atoms with Crippen LogP contribution in [0.15, 0.2) is 11.6 Å². The first-order valence-corrected chi connectivity index (χ1v) is 8.93. The molecule has 0 bridgehead atoms. The summed E-state index contributed by atoms with van der Waals surface area (Å²) in [5.74, 6) is 0.243. The normalized spacial score (nSPS) is 23.2. The molecule has 0 aromatic carbocycles. The van der Waals surface area contributed by atoms with E-state index in [1.54, 1.807) is 6.08 Å². The molecular weight excluding hydrogens is 216 g/mol. The molecule has 0 aromatic rings. The Morgan fingerprint density at radius 3 is 2.38 bits per heavy atom. The summed E-state index contributed by atoms with van der Waals surface area (Å²) in [5.41, 5.74) is 1.10. The average Bonchev–Trinajstić information content (AvgIpc) is 2.08. The van der Waals surface area contributed by atoms with Gasteiger partial charge in [0, 0.05) is 6.42 Å². The summed E-state index contributed by atoms with van der Waals surface area (Å²) < 4.78 is 6.32. The number of carbonyl (C=O) groups is 1. The van der Waals surface area contributed by atoms with Crippen LogP contribution in [0.2, 0.25) is 18.1 Å². The Hall–Kier alpha value is -0.413. The van der Waals surface area contributed by atoms with Crippen molar-refractivity contribution < 1.29 is 9.22 Å². The number of allylic oxidation sites excluding steroid dienone is 1. The lowest BCUT2D eigenvalue weighted by molar-refractivity contribution is -0.115. The van der Waals surface area contributed by atoms with Crippen molar-refractivity contribution in [3.8, 4) is 0 Å². The van der Waals surface area contributed by atoms with E-state index < -0.39 is 8.32 Å². The summed E-state index contributed by atoms with van der Waals surface area (Å²) in [6.45, 7) is 13.3. The van der Waals surface area contributed by atoms with Gasteiger partial charge in [-0.3, -0.25) is 4.79 Å². The van der Waals surface area contributed by atoms with Crippen molar-refractivity contribution in [1.29, 1.82) is 0 Å². The van der Waals surface area contributed by atoms with Gasteiger partial charge >= 0.3 is 0 Å². The summed E-state index contributed by atoms with van der Waals surface area (Å²) in [6, 6.07) is 0. The van der Waals surface area contributed by atoms with Gasteiger partial charge in [0.1, 0.15) is 0 Å². The van der Waals surface area contributed by atoms with E-state index in [0.717, 1.165) is 12.0 Å². The van der Waals surface area contributed by atoms with Crippen LogP contribution in [0.25, 0.3) is 0 Å². The number of carbonyl (C=O) groups excluding carboxylic acids is 1. The highest BCUT2D eigenvalue weighted by molar-refractivity contribution is 6.74. The Kier molecular flexibility index (Phi) is 3.80. The Morgan fingerprint density at radius 2 is 1.94 bits per heavy atom. The Labute approximate surface area is 100 Å². The number of ketones is 1. The lowest BCUT2D eigenvalue weighted by atomic mass is 9.97. The third-order valence-corrected chi connectivity index (χ3v) is 8.28. The Balaban J connectivity index is 2.76. The molecule has 1 aliphatic rings. The highest BCUT2D eigenvalue weighted by Gasteiger charge is 2.39. The van der Waals surface area contributed by atoms with E-state index in [4.69, 9.17) is 4.43 Å². The predicted octanol–water partition coefficient (Wildman–Crippen LogP) is 3.69. The van der Waals surface area contributed by atoms with Gasteiger partial charge in [0.05, 0.1) is 6.10 Å². The Morgan fingerprint density at radius 1 is 1.38 bits per heavy atom. The van der Waals surface area contributed by atoms with E-state index in [-0.39, 0.29) is 16.9 Å². The second-order valence-corrected chi connectivity index (χ2v) is 11.0. The van der Waals surface area contributed by atoms with Gasteiger partial charge in [-0.1, -0.05) is 20.8 Å². The van der Waals surface area contributed by atoms with Crippen molar-refractivity contribution in [1.82, 2.24) is 0 Å². The molecule has 1 unspecified atom stereocenters. The van der Waals surface area contributed by atoms with Crippen molar-refractivity contribution in [2.45, 2.75) is 64.8 Å². The van der Waals surface area contributed by atoms with Gasteiger partial charge in [0.2, 0.25) is 0 Å². The minimum Gasteiger partial charge on any atom is -0.410 e. The van der Waals surface area contributed by atoms with Crippen LogP contribution in [0.4, 0.5) is 0 Å². The van der Waals surface area contributed by atoms with E-state index in [2.05, 4.69) is 33.9 Å². The van der Waals surface area contributed by atoms with Gasteiger partial charge in [-0.05, 0) is 43.1 Å². The van der Waals surface area contributed by atoms with Crippen molar-refractivity contribution >= 4 is 14.1 Å². The second kappa shape index (κ2) is 4.45. The largest absolute Gasteiger partial charge is 0.410 e. The van der Waals surface area contributed by atoms with Crippen LogP contribution in [0.3, 0.4) is 0 Å². The third-order valence-electron chi connectivity index (χ3n) is 3.79. The van der Waals surface area contributed by atoms with E-state index in [1.165, 1.54) is 0 Å². The fourth-order valence-electron chi connectivity index (χ4n) is 1.60. The number of rotatable bonds is 2. The van der Waals surface area contributed by atoms with Crippen molar-refractivity contribution in [3.05, 3.63) is 11.6 Å². The predicted molar refractivity (Wildman–Crippen MR) is 70.1 cm³/mol. The molecule has 0 saturated heterocycles. The Bertz CT molecular complexity index is 310.